The number of hydrogen-bond acceptors (Lipinski definition) is 7. The molecule has 0 spiro atoms. The van der Waals surface area contributed by atoms with Crippen molar-refractivity contribution in [3.05, 3.63) is 16.8 Å². The second kappa shape index (κ2) is 8.08. The van der Waals surface area contributed by atoms with E-state index in [0.29, 0.717) is 6.54 Å². The number of hydrogen-bond donors (Lipinski definition) is 1. The average molecular weight is 391 g/mol. The third kappa shape index (κ3) is 3.66. The minimum absolute atomic E-state index is 0.0288. The van der Waals surface area contributed by atoms with Crippen molar-refractivity contribution < 1.29 is 14.3 Å². The second-order valence-electron chi connectivity index (χ2n) is 7.14. The molecule has 1 amide bonds. The van der Waals surface area contributed by atoms with Crippen LogP contribution >= 0.6 is 11.3 Å². The second-order valence-corrected chi connectivity index (χ2v) is 8.23. The molecule has 0 atom stereocenters. The Labute approximate surface area is 163 Å². The Morgan fingerprint density at radius 3 is 2.81 bits per heavy atom. The third-order valence-electron chi connectivity index (χ3n) is 5.62. The normalized spacial score (nSPS) is 17.7. The summed E-state index contributed by atoms with van der Waals surface area (Å²) in [5, 5.41) is 4.19. The third-order valence-corrected chi connectivity index (χ3v) is 6.82. The molecule has 0 unspecified atom stereocenters. The fourth-order valence-electron chi connectivity index (χ4n) is 4.10. The van der Waals surface area contributed by atoms with E-state index in [9.17, 15) is 4.79 Å². The Morgan fingerprint density at radius 2 is 2.07 bits per heavy atom. The number of piperidine rings is 1. The summed E-state index contributed by atoms with van der Waals surface area (Å²) < 4.78 is 10.2. The molecule has 0 bridgehead atoms. The van der Waals surface area contributed by atoms with Crippen LogP contribution in [0.1, 0.15) is 29.7 Å². The molecule has 8 heteroatoms. The summed E-state index contributed by atoms with van der Waals surface area (Å²) in [6.45, 7) is 2.05. The first-order chi connectivity index (χ1) is 13.2. The van der Waals surface area contributed by atoms with Gasteiger partial charge in [0, 0.05) is 38.1 Å². The standard InChI is InChI=1S/C19H26N4O3S/c1-25-15(26-2)10-20-18(24)12-6-8-23(9-7-12)17-16-13-4-3-5-14(13)27-19(16)22-11-21-17/h11-12,15H,3-10H2,1-2H3,(H,20,24). The van der Waals surface area contributed by atoms with Crippen LogP contribution in [0.2, 0.25) is 0 Å². The predicted molar refractivity (Wildman–Crippen MR) is 105 cm³/mol. The van der Waals surface area contributed by atoms with Gasteiger partial charge in [-0.3, -0.25) is 4.79 Å². The number of nitrogens with one attached hydrogen (secondary N) is 1. The monoisotopic (exact) mass is 390 g/mol. The highest BCUT2D eigenvalue weighted by molar-refractivity contribution is 7.19. The van der Waals surface area contributed by atoms with Crippen LogP contribution in [-0.4, -0.2) is 56.0 Å². The molecule has 1 aliphatic heterocycles. The molecule has 1 saturated heterocycles. The number of anilines is 1. The van der Waals surface area contributed by atoms with Gasteiger partial charge in [-0.25, -0.2) is 9.97 Å². The van der Waals surface area contributed by atoms with Gasteiger partial charge in [0.2, 0.25) is 5.91 Å². The molecule has 1 fully saturated rings. The lowest BCUT2D eigenvalue weighted by molar-refractivity contribution is -0.131. The minimum atomic E-state index is -0.399. The van der Waals surface area contributed by atoms with Crippen LogP contribution in [0.5, 0.6) is 0 Å². The number of amides is 1. The van der Waals surface area contributed by atoms with Crippen molar-refractivity contribution in [2.45, 2.75) is 38.4 Å². The Balaban J connectivity index is 1.41. The van der Waals surface area contributed by atoms with Crippen molar-refractivity contribution in [3.63, 3.8) is 0 Å². The summed E-state index contributed by atoms with van der Waals surface area (Å²) in [6, 6.07) is 0. The molecule has 4 rings (SSSR count). The largest absolute Gasteiger partial charge is 0.356 e. The van der Waals surface area contributed by atoms with Crippen molar-refractivity contribution in [2.75, 3.05) is 38.8 Å². The van der Waals surface area contributed by atoms with Gasteiger partial charge in [-0.1, -0.05) is 0 Å². The van der Waals surface area contributed by atoms with Gasteiger partial charge in [-0.2, -0.15) is 0 Å². The van der Waals surface area contributed by atoms with E-state index in [1.54, 1.807) is 20.5 Å². The van der Waals surface area contributed by atoms with Crippen molar-refractivity contribution in [1.29, 1.82) is 0 Å². The number of fused-ring (bicyclic) bond motifs is 3. The first-order valence-corrected chi connectivity index (χ1v) is 10.4. The van der Waals surface area contributed by atoms with Crippen molar-refractivity contribution in [1.82, 2.24) is 15.3 Å². The molecular weight excluding hydrogens is 364 g/mol. The Kier molecular flexibility index (Phi) is 5.56. The zero-order valence-corrected chi connectivity index (χ0v) is 16.7. The maximum Gasteiger partial charge on any atom is 0.223 e. The molecule has 0 radical (unpaired) electrons. The highest BCUT2D eigenvalue weighted by Gasteiger charge is 2.29. The fourth-order valence-corrected chi connectivity index (χ4v) is 5.32. The summed E-state index contributed by atoms with van der Waals surface area (Å²) in [6.07, 6.45) is 6.47. The van der Waals surface area contributed by atoms with Gasteiger partial charge in [-0.15, -0.1) is 11.3 Å². The Morgan fingerprint density at radius 1 is 1.30 bits per heavy atom. The molecule has 1 N–H and O–H groups in total. The molecule has 27 heavy (non-hydrogen) atoms. The summed E-state index contributed by atoms with van der Waals surface area (Å²) in [4.78, 5) is 26.5. The molecular formula is C19H26N4O3S. The van der Waals surface area contributed by atoms with E-state index < -0.39 is 6.29 Å². The maximum absolute atomic E-state index is 12.4. The quantitative estimate of drug-likeness (QED) is 0.762. The van der Waals surface area contributed by atoms with Gasteiger partial charge in [-0.05, 0) is 37.7 Å². The van der Waals surface area contributed by atoms with Gasteiger partial charge in [0.15, 0.2) is 6.29 Å². The van der Waals surface area contributed by atoms with E-state index in [-0.39, 0.29) is 11.8 Å². The lowest BCUT2D eigenvalue weighted by Gasteiger charge is -2.32. The van der Waals surface area contributed by atoms with Crippen LogP contribution in [0.4, 0.5) is 5.82 Å². The molecule has 3 heterocycles. The van der Waals surface area contributed by atoms with Gasteiger partial charge < -0.3 is 19.7 Å². The molecule has 0 saturated carbocycles. The molecule has 7 nitrogen and oxygen atoms in total. The molecule has 2 aliphatic rings. The van der Waals surface area contributed by atoms with Crippen LogP contribution in [0.15, 0.2) is 6.33 Å². The van der Waals surface area contributed by atoms with Crippen LogP contribution in [-0.2, 0) is 27.1 Å². The summed E-state index contributed by atoms with van der Waals surface area (Å²) in [7, 11) is 3.14. The lowest BCUT2D eigenvalue weighted by Crippen LogP contribution is -2.43. The fraction of sp³-hybridized carbons (Fsp3) is 0.632. The number of aromatic nitrogens is 2. The smallest absolute Gasteiger partial charge is 0.223 e. The first-order valence-electron chi connectivity index (χ1n) is 9.54. The molecule has 1 aliphatic carbocycles. The molecule has 0 aromatic carbocycles. The summed E-state index contributed by atoms with van der Waals surface area (Å²) in [5.41, 5.74) is 1.45. The number of carbonyl (C=O) groups excluding carboxylic acids is 1. The zero-order valence-electron chi connectivity index (χ0n) is 15.9. The molecule has 2 aromatic rings. The Hall–Kier alpha value is -1.77. The number of nitrogens with zero attached hydrogens (tertiary/aromatic N) is 3. The van der Waals surface area contributed by atoms with Crippen LogP contribution in [0.3, 0.4) is 0 Å². The van der Waals surface area contributed by atoms with Crippen molar-refractivity contribution in [2.24, 2.45) is 5.92 Å². The Bertz CT molecular complexity index is 813. The van der Waals surface area contributed by atoms with E-state index in [0.717, 1.165) is 43.0 Å². The summed E-state index contributed by atoms with van der Waals surface area (Å²) >= 11 is 1.82. The van der Waals surface area contributed by atoms with E-state index >= 15 is 0 Å². The lowest BCUT2D eigenvalue weighted by atomic mass is 9.95. The number of aryl methyl sites for hydroxylation is 2. The first kappa shape index (κ1) is 18.6. The molecule has 2 aromatic heterocycles. The topological polar surface area (TPSA) is 76.6 Å². The zero-order chi connectivity index (χ0) is 18.8. The van der Waals surface area contributed by atoms with E-state index in [1.807, 2.05) is 11.3 Å². The number of rotatable bonds is 6. The number of ether oxygens (including phenoxy) is 2. The van der Waals surface area contributed by atoms with E-state index in [1.165, 1.54) is 28.7 Å². The van der Waals surface area contributed by atoms with Crippen molar-refractivity contribution >= 4 is 33.3 Å². The van der Waals surface area contributed by atoms with E-state index in [2.05, 4.69) is 20.2 Å². The van der Waals surface area contributed by atoms with E-state index in [4.69, 9.17) is 9.47 Å². The van der Waals surface area contributed by atoms with Crippen molar-refractivity contribution in [3.8, 4) is 0 Å². The van der Waals surface area contributed by atoms with Crippen LogP contribution in [0, 0.1) is 5.92 Å². The molecule has 146 valence electrons. The minimum Gasteiger partial charge on any atom is -0.356 e. The highest BCUT2D eigenvalue weighted by atomic mass is 32.1. The maximum atomic E-state index is 12.4. The summed E-state index contributed by atoms with van der Waals surface area (Å²) in [5.74, 6) is 1.16. The average Bonchev–Trinajstić information content (AvgIpc) is 3.29. The van der Waals surface area contributed by atoms with Gasteiger partial charge in [0.25, 0.3) is 0 Å². The SMILES string of the molecule is COC(CNC(=O)C1CCN(c2ncnc3sc4c(c23)CCC4)CC1)OC. The predicted octanol–water partition coefficient (Wildman–Crippen LogP) is 2.13. The van der Waals surface area contributed by atoms with Crippen LogP contribution < -0.4 is 10.2 Å². The number of carbonyl (C=O) groups is 1. The number of thiophene rings is 1. The van der Waals surface area contributed by atoms with Gasteiger partial charge >= 0.3 is 0 Å². The van der Waals surface area contributed by atoms with Crippen LogP contribution in [0.25, 0.3) is 10.2 Å². The highest BCUT2D eigenvalue weighted by Crippen LogP contribution is 2.40. The van der Waals surface area contributed by atoms with Gasteiger partial charge in [0.1, 0.15) is 17.0 Å². The van der Waals surface area contributed by atoms with Gasteiger partial charge in [0.05, 0.1) is 11.9 Å². The number of methoxy groups -OCH3 is 2.